The first-order valence-corrected chi connectivity index (χ1v) is 16.9. The molecule has 0 bridgehead atoms. The van der Waals surface area contributed by atoms with Gasteiger partial charge in [-0.2, -0.15) is 0 Å². The number of hydrogen-bond donors (Lipinski definition) is 1. The molecule has 1 N–H and O–H groups in total. The van der Waals surface area contributed by atoms with Crippen LogP contribution in [0.2, 0.25) is 10.0 Å². The quantitative estimate of drug-likeness (QED) is 0.166. The van der Waals surface area contributed by atoms with Crippen molar-refractivity contribution in [3.63, 3.8) is 0 Å². The summed E-state index contributed by atoms with van der Waals surface area (Å²) in [4.78, 5) is 29.9. The summed E-state index contributed by atoms with van der Waals surface area (Å²) in [7, 11) is -4.23. The molecule has 0 aliphatic rings. The maximum atomic E-state index is 14.6. The van der Waals surface area contributed by atoms with Crippen molar-refractivity contribution >= 4 is 50.7 Å². The minimum atomic E-state index is -4.23. The summed E-state index contributed by atoms with van der Waals surface area (Å²) in [6.07, 6.45) is 0.913. The molecule has 0 saturated carbocycles. The van der Waals surface area contributed by atoms with Gasteiger partial charge in [-0.25, -0.2) is 8.42 Å². The van der Waals surface area contributed by atoms with Crippen LogP contribution in [0.4, 0.5) is 5.69 Å². The second kappa shape index (κ2) is 15.4. The molecule has 4 aromatic carbocycles. The Labute approximate surface area is 275 Å². The van der Waals surface area contributed by atoms with Crippen LogP contribution in [0.3, 0.4) is 0 Å². The molecule has 0 aliphatic heterocycles. The van der Waals surface area contributed by atoms with E-state index in [1.165, 1.54) is 29.2 Å². The average molecular weight is 667 g/mol. The van der Waals surface area contributed by atoms with Gasteiger partial charge in [-0.15, -0.1) is 0 Å². The van der Waals surface area contributed by atoms with Crippen molar-refractivity contribution in [2.24, 2.45) is 0 Å². The Morgan fingerprint density at radius 1 is 0.844 bits per heavy atom. The normalized spacial score (nSPS) is 12.6. The maximum Gasteiger partial charge on any atom is 0.264 e. The largest absolute Gasteiger partial charge is 0.352 e. The van der Waals surface area contributed by atoms with Crippen LogP contribution in [0, 0.1) is 6.92 Å². The molecule has 0 aromatic heterocycles. The second-order valence-corrected chi connectivity index (χ2v) is 13.6. The number of nitrogens with one attached hydrogen (secondary N) is 1. The van der Waals surface area contributed by atoms with Gasteiger partial charge in [0.1, 0.15) is 12.6 Å². The zero-order valence-corrected chi connectivity index (χ0v) is 27.8. The molecule has 236 valence electrons. The van der Waals surface area contributed by atoms with E-state index in [0.717, 1.165) is 9.87 Å². The highest BCUT2D eigenvalue weighted by Crippen LogP contribution is 2.29. The molecule has 2 atom stereocenters. The average Bonchev–Trinajstić information content (AvgIpc) is 3.03. The number of amides is 2. The minimum Gasteiger partial charge on any atom is -0.352 e. The molecular formula is C35H37Cl2N3O4S. The minimum absolute atomic E-state index is 0.00740. The van der Waals surface area contributed by atoms with Gasteiger partial charge in [-0.3, -0.25) is 13.9 Å². The second-order valence-electron chi connectivity index (χ2n) is 10.9. The monoisotopic (exact) mass is 665 g/mol. The number of benzene rings is 4. The molecule has 10 heteroatoms. The number of anilines is 1. The van der Waals surface area contributed by atoms with Gasteiger partial charge in [0.2, 0.25) is 11.8 Å². The maximum absolute atomic E-state index is 14.6. The summed E-state index contributed by atoms with van der Waals surface area (Å²) < 4.78 is 29.4. The zero-order chi connectivity index (χ0) is 32.6. The summed E-state index contributed by atoms with van der Waals surface area (Å²) in [6, 6.07) is 28.2. The highest BCUT2D eigenvalue weighted by Gasteiger charge is 2.35. The SMILES string of the molecule is CCC(C)NC(=O)C(Cc1ccccc1)N(Cc1ccccc1Cl)C(=O)CN(c1ccccc1C)S(=O)(=O)c1ccc(Cl)cc1. The number of halogens is 2. The van der Waals surface area contributed by atoms with E-state index in [-0.39, 0.29) is 29.8 Å². The van der Waals surface area contributed by atoms with E-state index in [9.17, 15) is 18.0 Å². The van der Waals surface area contributed by atoms with Crippen LogP contribution in [-0.4, -0.2) is 43.8 Å². The lowest BCUT2D eigenvalue weighted by molar-refractivity contribution is -0.140. The summed E-state index contributed by atoms with van der Waals surface area (Å²) >= 11 is 12.6. The number of sulfonamides is 1. The summed E-state index contributed by atoms with van der Waals surface area (Å²) in [5.41, 5.74) is 2.49. The van der Waals surface area contributed by atoms with E-state index in [0.29, 0.717) is 33.3 Å². The van der Waals surface area contributed by atoms with E-state index in [4.69, 9.17) is 23.2 Å². The van der Waals surface area contributed by atoms with E-state index in [1.54, 1.807) is 55.5 Å². The van der Waals surface area contributed by atoms with E-state index in [2.05, 4.69) is 5.32 Å². The van der Waals surface area contributed by atoms with Gasteiger partial charge >= 0.3 is 0 Å². The van der Waals surface area contributed by atoms with Gasteiger partial charge in [0.25, 0.3) is 10.0 Å². The van der Waals surface area contributed by atoms with Crippen molar-refractivity contribution in [2.75, 3.05) is 10.8 Å². The molecule has 2 amide bonds. The van der Waals surface area contributed by atoms with Crippen LogP contribution in [0.5, 0.6) is 0 Å². The van der Waals surface area contributed by atoms with Gasteiger partial charge in [0, 0.05) is 29.1 Å². The molecule has 45 heavy (non-hydrogen) atoms. The fourth-order valence-corrected chi connectivity index (χ4v) is 6.70. The first-order valence-electron chi connectivity index (χ1n) is 14.7. The Morgan fingerprint density at radius 3 is 2.11 bits per heavy atom. The standard InChI is InChI=1S/C35H37Cl2N3O4S/c1-4-26(3)38-35(42)33(22-27-13-6-5-7-14-27)39(23-28-15-9-10-16-31(28)37)34(41)24-40(32-17-11-8-12-25(32)2)45(43,44)30-20-18-29(36)19-21-30/h5-21,26,33H,4,22-24H2,1-3H3,(H,38,42). The predicted octanol–water partition coefficient (Wildman–Crippen LogP) is 7.05. The molecular weight excluding hydrogens is 629 g/mol. The lowest BCUT2D eigenvalue weighted by Gasteiger charge is -2.34. The Kier molecular flexibility index (Phi) is 11.7. The van der Waals surface area contributed by atoms with Gasteiger partial charge in [-0.1, -0.05) is 96.9 Å². The van der Waals surface area contributed by atoms with Crippen LogP contribution >= 0.6 is 23.2 Å². The molecule has 0 saturated heterocycles. The van der Waals surface area contributed by atoms with Crippen molar-refractivity contribution in [3.8, 4) is 0 Å². The Morgan fingerprint density at radius 2 is 1.47 bits per heavy atom. The van der Waals surface area contributed by atoms with E-state index in [1.807, 2.05) is 44.2 Å². The predicted molar refractivity (Wildman–Crippen MR) is 181 cm³/mol. The summed E-state index contributed by atoms with van der Waals surface area (Å²) in [6.45, 7) is 5.08. The van der Waals surface area contributed by atoms with Crippen molar-refractivity contribution < 1.29 is 18.0 Å². The number of hydrogen-bond acceptors (Lipinski definition) is 4. The fourth-order valence-electron chi connectivity index (χ4n) is 4.90. The number of nitrogens with zero attached hydrogens (tertiary/aromatic N) is 2. The first kappa shape index (κ1) is 34.0. The van der Waals surface area contributed by atoms with E-state index < -0.39 is 28.5 Å². The van der Waals surface area contributed by atoms with Gasteiger partial charge < -0.3 is 10.2 Å². The van der Waals surface area contributed by atoms with Gasteiger partial charge in [0.15, 0.2) is 0 Å². The third kappa shape index (κ3) is 8.66. The summed E-state index contributed by atoms with van der Waals surface area (Å²) in [5.74, 6) is -0.896. The van der Waals surface area contributed by atoms with Crippen LogP contribution in [0.1, 0.15) is 37.0 Å². The lowest BCUT2D eigenvalue weighted by Crippen LogP contribution is -2.54. The number of aryl methyl sites for hydroxylation is 1. The molecule has 0 spiro atoms. The van der Waals surface area contributed by atoms with Crippen molar-refractivity contribution in [2.45, 2.75) is 57.1 Å². The smallest absolute Gasteiger partial charge is 0.264 e. The molecule has 2 unspecified atom stereocenters. The molecule has 0 aliphatic carbocycles. The highest BCUT2D eigenvalue weighted by atomic mass is 35.5. The Hall–Kier alpha value is -3.85. The fraction of sp³-hybridized carbons (Fsp3) is 0.257. The number of para-hydroxylation sites is 1. The van der Waals surface area contributed by atoms with Crippen molar-refractivity contribution in [1.29, 1.82) is 0 Å². The number of rotatable bonds is 13. The number of carbonyl (C=O) groups is 2. The van der Waals surface area contributed by atoms with Crippen molar-refractivity contribution in [3.05, 3.63) is 130 Å². The third-order valence-corrected chi connectivity index (χ3v) is 10.0. The summed E-state index contributed by atoms with van der Waals surface area (Å²) in [5, 5.41) is 3.85. The highest BCUT2D eigenvalue weighted by molar-refractivity contribution is 7.92. The molecule has 4 aromatic rings. The van der Waals surface area contributed by atoms with Crippen LogP contribution in [0.25, 0.3) is 0 Å². The first-order chi connectivity index (χ1) is 21.5. The van der Waals surface area contributed by atoms with E-state index >= 15 is 0 Å². The van der Waals surface area contributed by atoms with Crippen LogP contribution in [0.15, 0.2) is 108 Å². The van der Waals surface area contributed by atoms with Crippen LogP contribution < -0.4 is 9.62 Å². The number of carbonyl (C=O) groups excluding carboxylic acids is 2. The molecule has 7 nitrogen and oxygen atoms in total. The van der Waals surface area contributed by atoms with Crippen LogP contribution in [-0.2, 0) is 32.6 Å². The molecule has 0 fully saturated rings. The molecule has 0 heterocycles. The van der Waals surface area contributed by atoms with Gasteiger partial charge in [-0.05, 0) is 73.4 Å². The Balaban J connectivity index is 1.83. The Bertz CT molecular complexity index is 1720. The molecule has 4 rings (SSSR count). The third-order valence-electron chi connectivity index (χ3n) is 7.64. The van der Waals surface area contributed by atoms with Gasteiger partial charge in [0.05, 0.1) is 10.6 Å². The zero-order valence-electron chi connectivity index (χ0n) is 25.5. The lowest BCUT2D eigenvalue weighted by atomic mass is 10.0. The topological polar surface area (TPSA) is 86.8 Å². The van der Waals surface area contributed by atoms with Crippen molar-refractivity contribution in [1.82, 2.24) is 10.2 Å². The molecule has 0 radical (unpaired) electrons.